The number of nitrogen functional groups attached to an aromatic ring is 1. The van der Waals surface area contributed by atoms with E-state index in [9.17, 15) is 5.11 Å². The zero-order chi connectivity index (χ0) is 10.4. The standard InChI is InChI=1S/C10H16N2OS/c1-9(2)4-3-5-10(9,13)7-6-12-8(11)14-7/h6,13H,3-5H2,1-2H3,(H2,11,12). The average Bonchev–Trinajstić information content (AvgIpc) is 2.60. The Morgan fingerprint density at radius 3 is 2.64 bits per heavy atom. The van der Waals surface area contributed by atoms with Crippen molar-refractivity contribution in [2.24, 2.45) is 5.41 Å². The number of thiazole rings is 1. The van der Waals surface area contributed by atoms with E-state index >= 15 is 0 Å². The minimum Gasteiger partial charge on any atom is -0.384 e. The summed E-state index contributed by atoms with van der Waals surface area (Å²) < 4.78 is 0. The molecular weight excluding hydrogens is 196 g/mol. The number of hydrogen-bond acceptors (Lipinski definition) is 4. The van der Waals surface area contributed by atoms with Crippen molar-refractivity contribution in [3.8, 4) is 0 Å². The number of nitrogens with two attached hydrogens (primary N) is 1. The van der Waals surface area contributed by atoms with Crippen LogP contribution in [-0.4, -0.2) is 10.1 Å². The molecule has 1 saturated carbocycles. The van der Waals surface area contributed by atoms with Crippen LogP contribution in [0.25, 0.3) is 0 Å². The van der Waals surface area contributed by atoms with Crippen LogP contribution in [0.15, 0.2) is 6.20 Å². The van der Waals surface area contributed by atoms with Gasteiger partial charge in [0, 0.05) is 6.20 Å². The summed E-state index contributed by atoms with van der Waals surface area (Å²) in [7, 11) is 0. The van der Waals surface area contributed by atoms with Crippen LogP contribution in [0.4, 0.5) is 5.13 Å². The molecule has 3 N–H and O–H groups in total. The van der Waals surface area contributed by atoms with E-state index in [-0.39, 0.29) is 5.41 Å². The maximum absolute atomic E-state index is 10.6. The molecule has 14 heavy (non-hydrogen) atoms. The molecule has 0 spiro atoms. The summed E-state index contributed by atoms with van der Waals surface area (Å²) >= 11 is 1.40. The van der Waals surface area contributed by atoms with E-state index in [1.165, 1.54) is 11.3 Å². The Balaban J connectivity index is 2.41. The second-order valence-electron chi connectivity index (χ2n) is 4.66. The predicted molar refractivity (Wildman–Crippen MR) is 58.1 cm³/mol. The normalized spacial score (nSPS) is 30.8. The van der Waals surface area contributed by atoms with Crippen molar-refractivity contribution in [1.82, 2.24) is 4.98 Å². The van der Waals surface area contributed by atoms with Gasteiger partial charge in [-0.05, 0) is 24.7 Å². The highest BCUT2D eigenvalue weighted by Gasteiger charge is 2.49. The van der Waals surface area contributed by atoms with Gasteiger partial charge in [0.1, 0.15) is 5.60 Å². The fraction of sp³-hybridized carbons (Fsp3) is 0.700. The van der Waals surface area contributed by atoms with Crippen LogP contribution >= 0.6 is 11.3 Å². The van der Waals surface area contributed by atoms with Gasteiger partial charge in [-0.25, -0.2) is 4.98 Å². The summed E-state index contributed by atoms with van der Waals surface area (Å²) in [5.74, 6) is 0. The van der Waals surface area contributed by atoms with Crippen molar-refractivity contribution in [1.29, 1.82) is 0 Å². The lowest BCUT2D eigenvalue weighted by molar-refractivity contribution is -0.0454. The van der Waals surface area contributed by atoms with E-state index in [2.05, 4.69) is 18.8 Å². The Morgan fingerprint density at radius 1 is 1.50 bits per heavy atom. The van der Waals surface area contributed by atoms with Crippen molar-refractivity contribution in [2.45, 2.75) is 38.7 Å². The molecule has 0 saturated heterocycles. The maximum Gasteiger partial charge on any atom is 0.180 e. The number of anilines is 1. The summed E-state index contributed by atoms with van der Waals surface area (Å²) in [4.78, 5) is 4.92. The molecule has 1 aliphatic carbocycles. The van der Waals surface area contributed by atoms with E-state index in [4.69, 9.17) is 5.73 Å². The monoisotopic (exact) mass is 212 g/mol. The van der Waals surface area contributed by atoms with E-state index in [1.54, 1.807) is 6.20 Å². The summed E-state index contributed by atoms with van der Waals surface area (Å²) in [6.45, 7) is 4.21. The first kappa shape index (κ1) is 9.93. The summed E-state index contributed by atoms with van der Waals surface area (Å²) in [5.41, 5.74) is 4.81. The third kappa shape index (κ3) is 1.25. The zero-order valence-electron chi connectivity index (χ0n) is 8.58. The summed E-state index contributed by atoms with van der Waals surface area (Å²) in [5, 5.41) is 11.2. The molecule has 78 valence electrons. The lowest BCUT2D eigenvalue weighted by Gasteiger charge is -2.35. The number of rotatable bonds is 1. The predicted octanol–water partition coefficient (Wildman–Crippen LogP) is 2.12. The van der Waals surface area contributed by atoms with Crippen LogP contribution in [0.3, 0.4) is 0 Å². The summed E-state index contributed by atoms with van der Waals surface area (Å²) in [6, 6.07) is 0. The minimum atomic E-state index is -0.720. The first-order valence-corrected chi connectivity index (χ1v) is 5.71. The van der Waals surface area contributed by atoms with Gasteiger partial charge in [0.15, 0.2) is 5.13 Å². The second-order valence-corrected chi connectivity index (χ2v) is 5.72. The molecule has 0 radical (unpaired) electrons. The van der Waals surface area contributed by atoms with Gasteiger partial charge in [0.25, 0.3) is 0 Å². The van der Waals surface area contributed by atoms with Crippen molar-refractivity contribution < 1.29 is 5.11 Å². The molecule has 1 fully saturated rings. The van der Waals surface area contributed by atoms with Gasteiger partial charge in [0.05, 0.1) is 4.88 Å². The molecule has 0 aromatic carbocycles. The molecule has 1 atom stereocenters. The molecule has 3 nitrogen and oxygen atoms in total. The van der Waals surface area contributed by atoms with Gasteiger partial charge in [-0.15, -0.1) is 0 Å². The molecule has 1 aromatic rings. The number of aliphatic hydroxyl groups is 1. The van der Waals surface area contributed by atoms with E-state index in [0.29, 0.717) is 5.13 Å². The van der Waals surface area contributed by atoms with Crippen LogP contribution in [0, 0.1) is 5.41 Å². The van der Waals surface area contributed by atoms with Gasteiger partial charge in [-0.3, -0.25) is 0 Å². The van der Waals surface area contributed by atoms with Crippen LogP contribution in [0.5, 0.6) is 0 Å². The third-order valence-electron chi connectivity index (χ3n) is 3.39. The minimum absolute atomic E-state index is 0.0635. The molecule has 0 aliphatic heterocycles. The average molecular weight is 212 g/mol. The quantitative estimate of drug-likeness (QED) is 0.749. The number of hydrogen-bond donors (Lipinski definition) is 2. The largest absolute Gasteiger partial charge is 0.384 e. The molecular formula is C10H16N2OS. The Bertz CT molecular complexity index is 348. The van der Waals surface area contributed by atoms with Crippen LogP contribution in [0.2, 0.25) is 0 Å². The van der Waals surface area contributed by atoms with Crippen LogP contribution in [-0.2, 0) is 5.60 Å². The fourth-order valence-corrected chi connectivity index (χ4v) is 3.25. The van der Waals surface area contributed by atoms with Crippen molar-refractivity contribution in [3.63, 3.8) is 0 Å². The Morgan fingerprint density at radius 2 is 2.21 bits per heavy atom. The molecule has 0 amide bonds. The van der Waals surface area contributed by atoms with Gasteiger partial charge < -0.3 is 10.8 Å². The molecule has 4 heteroatoms. The Hall–Kier alpha value is -0.610. The highest BCUT2D eigenvalue weighted by molar-refractivity contribution is 7.15. The lowest BCUT2D eigenvalue weighted by atomic mass is 9.77. The van der Waals surface area contributed by atoms with Crippen molar-refractivity contribution >= 4 is 16.5 Å². The smallest absolute Gasteiger partial charge is 0.180 e. The molecule has 1 unspecified atom stereocenters. The van der Waals surface area contributed by atoms with E-state index in [0.717, 1.165) is 24.1 Å². The highest BCUT2D eigenvalue weighted by atomic mass is 32.1. The number of aromatic nitrogens is 1. The maximum atomic E-state index is 10.6. The molecule has 2 rings (SSSR count). The van der Waals surface area contributed by atoms with E-state index < -0.39 is 5.60 Å². The first-order chi connectivity index (χ1) is 6.46. The molecule has 1 aliphatic rings. The second kappa shape index (κ2) is 2.94. The fourth-order valence-electron chi connectivity index (χ4n) is 2.27. The first-order valence-electron chi connectivity index (χ1n) is 4.90. The third-order valence-corrected chi connectivity index (χ3v) is 4.37. The van der Waals surface area contributed by atoms with E-state index in [1.807, 2.05) is 0 Å². The zero-order valence-corrected chi connectivity index (χ0v) is 9.40. The van der Waals surface area contributed by atoms with Gasteiger partial charge in [-0.1, -0.05) is 25.2 Å². The van der Waals surface area contributed by atoms with Gasteiger partial charge in [0.2, 0.25) is 0 Å². The highest BCUT2D eigenvalue weighted by Crippen LogP contribution is 2.53. The van der Waals surface area contributed by atoms with Gasteiger partial charge in [-0.2, -0.15) is 0 Å². The number of nitrogens with zero attached hydrogens (tertiary/aromatic N) is 1. The lowest BCUT2D eigenvalue weighted by Crippen LogP contribution is -2.36. The van der Waals surface area contributed by atoms with Crippen molar-refractivity contribution in [3.05, 3.63) is 11.1 Å². The Labute approximate surface area is 88.0 Å². The Kier molecular flexibility index (Phi) is 2.08. The molecule has 1 aromatic heterocycles. The topological polar surface area (TPSA) is 59.1 Å². The van der Waals surface area contributed by atoms with Gasteiger partial charge >= 0.3 is 0 Å². The molecule has 0 bridgehead atoms. The van der Waals surface area contributed by atoms with Crippen LogP contribution < -0.4 is 5.73 Å². The molecule has 1 heterocycles. The van der Waals surface area contributed by atoms with Crippen LogP contribution in [0.1, 0.15) is 38.0 Å². The van der Waals surface area contributed by atoms with Crippen molar-refractivity contribution in [2.75, 3.05) is 5.73 Å². The summed E-state index contributed by atoms with van der Waals surface area (Å²) in [6.07, 6.45) is 4.66. The SMILES string of the molecule is CC1(C)CCCC1(O)c1cnc(N)s1.